The minimum absolute atomic E-state index is 0.495. The molecule has 0 aliphatic heterocycles. The van der Waals surface area contributed by atoms with E-state index in [4.69, 9.17) is 0 Å². The van der Waals surface area contributed by atoms with E-state index in [0.29, 0.717) is 6.04 Å². The summed E-state index contributed by atoms with van der Waals surface area (Å²) in [6.45, 7) is 0. The van der Waals surface area contributed by atoms with Gasteiger partial charge in [-0.05, 0) is 24.9 Å². The molecule has 0 saturated heterocycles. The number of nitrogens with zero attached hydrogens (tertiary/aromatic N) is 1. The average molecular weight is 238 g/mol. The third kappa shape index (κ3) is 3.12. The molecule has 2 nitrogen and oxygen atoms in total. The van der Waals surface area contributed by atoms with E-state index in [2.05, 4.69) is 27.8 Å². The smallest absolute Gasteiger partial charge is 0.0940 e. The zero-order valence-corrected chi connectivity index (χ0v) is 10.3. The predicted molar refractivity (Wildman–Crippen MR) is 66.7 cm³/mol. The molecule has 2 heterocycles. The lowest BCUT2D eigenvalue weighted by Gasteiger charge is -2.13. The molecular weight excluding hydrogens is 224 g/mol. The lowest BCUT2D eigenvalue weighted by atomic mass is 10.1. The van der Waals surface area contributed by atoms with Gasteiger partial charge in [-0.1, -0.05) is 6.07 Å². The molecule has 1 unspecified atom stereocenters. The van der Waals surface area contributed by atoms with Crippen molar-refractivity contribution < 1.29 is 0 Å². The van der Waals surface area contributed by atoms with E-state index in [0.717, 1.165) is 12.8 Å². The van der Waals surface area contributed by atoms with Crippen molar-refractivity contribution in [1.82, 2.24) is 10.3 Å². The van der Waals surface area contributed by atoms with Crippen molar-refractivity contribution in [2.24, 2.45) is 0 Å². The van der Waals surface area contributed by atoms with Crippen LogP contribution in [0.15, 0.2) is 29.1 Å². The molecule has 1 atom stereocenters. The lowest BCUT2D eigenvalue weighted by Crippen LogP contribution is -2.29. The summed E-state index contributed by atoms with van der Waals surface area (Å²) in [5, 5.41) is 8.73. The third-order valence-electron chi connectivity index (χ3n) is 2.34. The fourth-order valence-corrected chi connectivity index (χ4v) is 3.00. The number of likely N-dealkylation sites (N-methyl/N-ethyl adjacent to an activating group) is 1. The van der Waals surface area contributed by atoms with Crippen molar-refractivity contribution in [1.29, 1.82) is 0 Å². The van der Waals surface area contributed by atoms with Crippen LogP contribution in [0.2, 0.25) is 0 Å². The van der Waals surface area contributed by atoms with Crippen LogP contribution in [0.1, 0.15) is 9.88 Å². The number of rotatable bonds is 5. The van der Waals surface area contributed by atoms with Crippen LogP contribution in [0.4, 0.5) is 0 Å². The van der Waals surface area contributed by atoms with E-state index in [9.17, 15) is 0 Å². The quantitative estimate of drug-likeness (QED) is 0.866. The van der Waals surface area contributed by atoms with Crippen molar-refractivity contribution in [3.63, 3.8) is 0 Å². The molecule has 0 spiro atoms. The standard InChI is InChI=1S/C11H14N2S2/c1-12-9(7-10-3-2-5-14-10)8-11-13-4-6-15-11/h2-6,9,12H,7-8H2,1H3. The van der Waals surface area contributed by atoms with Gasteiger partial charge in [0, 0.05) is 28.9 Å². The van der Waals surface area contributed by atoms with E-state index in [1.165, 1.54) is 9.88 Å². The largest absolute Gasteiger partial charge is 0.316 e. The molecule has 0 aliphatic carbocycles. The maximum absolute atomic E-state index is 4.32. The van der Waals surface area contributed by atoms with E-state index in [-0.39, 0.29) is 0 Å². The Morgan fingerprint density at radius 3 is 2.87 bits per heavy atom. The molecule has 80 valence electrons. The van der Waals surface area contributed by atoms with Crippen molar-refractivity contribution >= 4 is 22.7 Å². The van der Waals surface area contributed by atoms with Crippen molar-refractivity contribution in [2.45, 2.75) is 18.9 Å². The molecule has 1 N–H and O–H groups in total. The second kappa shape index (κ2) is 5.39. The summed E-state index contributed by atoms with van der Waals surface area (Å²) in [4.78, 5) is 5.75. The topological polar surface area (TPSA) is 24.9 Å². The van der Waals surface area contributed by atoms with Crippen LogP contribution in [0.25, 0.3) is 0 Å². The minimum atomic E-state index is 0.495. The maximum atomic E-state index is 4.32. The molecule has 2 aromatic rings. The number of aromatic nitrogens is 1. The Labute approximate surface area is 98.0 Å². The zero-order chi connectivity index (χ0) is 10.5. The Morgan fingerprint density at radius 2 is 2.27 bits per heavy atom. The summed E-state index contributed by atoms with van der Waals surface area (Å²) in [6.07, 6.45) is 3.98. The van der Waals surface area contributed by atoms with E-state index >= 15 is 0 Å². The Balaban J connectivity index is 1.93. The number of hydrogen-bond donors (Lipinski definition) is 1. The van der Waals surface area contributed by atoms with Crippen molar-refractivity contribution in [3.05, 3.63) is 39.0 Å². The predicted octanol–water partition coefficient (Wildman–Crippen LogP) is 2.58. The SMILES string of the molecule is CNC(Cc1cccs1)Cc1nccs1. The van der Waals surface area contributed by atoms with Gasteiger partial charge in [-0.25, -0.2) is 4.98 Å². The fraction of sp³-hybridized carbons (Fsp3) is 0.364. The highest BCUT2D eigenvalue weighted by Gasteiger charge is 2.10. The van der Waals surface area contributed by atoms with Gasteiger partial charge in [0.2, 0.25) is 0 Å². The third-order valence-corrected chi connectivity index (χ3v) is 4.04. The van der Waals surface area contributed by atoms with Gasteiger partial charge in [0.05, 0.1) is 5.01 Å². The van der Waals surface area contributed by atoms with Gasteiger partial charge >= 0.3 is 0 Å². The Bertz CT molecular complexity index is 331. The Kier molecular flexibility index (Phi) is 3.88. The van der Waals surface area contributed by atoms with Crippen LogP contribution in [0, 0.1) is 0 Å². The fourth-order valence-electron chi connectivity index (χ4n) is 1.51. The van der Waals surface area contributed by atoms with Crippen LogP contribution < -0.4 is 5.32 Å². The van der Waals surface area contributed by atoms with Crippen molar-refractivity contribution in [3.8, 4) is 0 Å². The van der Waals surface area contributed by atoms with Crippen molar-refractivity contribution in [2.75, 3.05) is 7.05 Å². The highest BCUT2D eigenvalue weighted by molar-refractivity contribution is 7.10. The zero-order valence-electron chi connectivity index (χ0n) is 8.64. The second-order valence-corrected chi connectivity index (χ2v) is 5.41. The highest BCUT2D eigenvalue weighted by atomic mass is 32.1. The monoisotopic (exact) mass is 238 g/mol. The van der Waals surface area contributed by atoms with Crippen LogP contribution in [0.3, 0.4) is 0 Å². The van der Waals surface area contributed by atoms with Gasteiger partial charge in [-0.15, -0.1) is 22.7 Å². The summed E-state index contributed by atoms with van der Waals surface area (Å²) in [7, 11) is 2.02. The molecule has 0 bridgehead atoms. The summed E-state index contributed by atoms with van der Waals surface area (Å²) >= 11 is 3.55. The number of thiazole rings is 1. The summed E-state index contributed by atoms with van der Waals surface area (Å²) in [5.41, 5.74) is 0. The van der Waals surface area contributed by atoms with E-state index < -0.39 is 0 Å². The molecule has 0 saturated carbocycles. The van der Waals surface area contributed by atoms with E-state index in [1.54, 1.807) is 11.3 Å². The summed E-state index contributed by atoms with van der Waals surface area (Å²) in [5.74, 6) is 0. The molecule has 2 rings (SSSR count). The number of hydrogen-bond acceptors (Lipinski definition) is 4. The van der Waals surface area contributed by atoms with E-state index in [1.807, 2.05) is 30.0 Å². The number of thiophene rings is 1. The molecule has 0 aromatic carbocycles. The van der Waals surface area contributed by atoms with Gasteiger partial charge < -0.3 is 5.32 Å². The van der Waals surface area contributed by atoms with Gasteiger partial charge in [-0.3, -0.25) is 0 Å². The maximum Gasteiger partial charge on any atom is 0.0940 e. The van der Waals surface area contributed by atoms with Crippen LogP contribution in [0.5, 0.6) is 0 Å². The lowest BCUT2D eigenvalue weighted by molar-refractivity contribution is 0.559. The first-order valence-corrected chi connectivity index (χ1v) is 6.72. The van der Waals surface area contributed by atoms with Gasteiger partial charge in [0.25, 0.3) is 0 Å². The molecular formula is C11H14N2S2. The van der Waals surface area contributed by atoms with Gasteiger partial charge in [0.1, 0.15) is 0 Å². The van der Waals surface area contributed by atoms with Gasteiger partial charge in [0.15, 0.2) is 0 Å². The van der Waals surface area contributed by atoms with Crippen LogP contribution >= 0.6 is 22.7 Å². The Morgan fingerprint density at radius 1 is 1.33 bits per heavy atom. The molecule has 0 fully saturated rings. The normalized spacial score (nSPS) is 12.9. The van der Waals surface area contributed by atoms with Crippen LogP contribution in [-0.2, 0) is 12.8 Å². The molecule has 4 heteroatoms. The highest BCUT2D eigenvalue weighted by Crippen LogP contribution is 2.14. The summed E-state index contributed by atoms with van der Waals surface area (Å²) < 4.78 is 0. The molecule has 15 heavy (non-hydrogen) atoms. The second-order valence-electron chi connectivity index (χ2n) is 3.40. The number of nitrogens with one attached hydrogen (secondary N) is 1. The van der Waals surface area contributed by atoms with Crippen LogP contribution in [-0.4, -0.2) is 18.1 Å². The molecule has 0 radical (unpaired) electrons. The Hall–Kier alpha value is -0.710. The van der Waals surface area contributed by atoms with Gasteiger partial charge in [-0.2, -0.15) is 0 Å². The molecule has 2 aromatic heterocycles. The first-order valence-electron chi connectivity index (χ1n) is 4.96. The summed E-state index contributed by atoms with van der Waals surface area (Å²) in [6, 6.07) is 4.79. The average Bonchev–Trinajstić information content (AvgIpc) is 2.89. The first-order chi connectivity index (χ1) is 7.38. The first kappa shape index (κ1) is 10.8. The molecule has 0 aliphatic rings. The minimum Gasteiger partial charge on any atom is -0.316 e. The molecule has 0 amide bonds.